The molecule has 0 aliphatic carbocycles. The third-order valence-electron chi connectivity index (χ3n) is 1.60. The first-order chi connectivity index (χ1) is 6.27. The van der Waals surface area contributed by atoms with Gasteiger partial charge >= 0.3 is 5.69 Å². The highest BCUT2D eigenvalue weighted by Crippen LogP contribution is 2.16. The molecule has 0 heterocycles. The van der Waals surface area contributed by atoms with Crippen LogP contribution in [0.25, 0.3) is 0 Å². The van der Waals surface area contributed by atoms with Gasteiger partial charge in [-0.1, -0.05) is 12.1 Å². The number of hydrogen-bond donors (Lipinski definition) is 0. The zero-order chi connectivity index (χ0) is 9.68. The van der Waals surface area contributed by atoms with Crippen molar-refractivity contribution in [3.05, 3.63) is 34.7 Å². The molecule has 1 rings (SSSR count). The summed E-state index contributed by atoms with van der Waals surface area (Å²) in [5.74, 6) is 0.908. The Morgan fingerprint density at radius 2 is 2.31 bits per heavy atom. The lowest BCUT2D eigenvalue weighted by molar-refractivity contribution is -0.736. The average Bonchev–Trinajstić information content (AvgIpc) is 2.18. The molecule has 0 saturated heterocycles. The van der Waals surface area contributed by atoms with E-state index in [0.29, 0.717) is 10.6 Å². The maximum absolute atomic E-state index is 11.1. The van der Waals surface area contributed by atoms with Crippen LogP contribution in [0.3, 0.4) is 0 Å². The SMILES string of the molecule is CO[N+](=O)c1cccc(CSC)c1. The van der Waals surface area contributed by atoms with Gasteiger partial charge in [-0.25, -0.2) is 4.84 Å². The molecule has 13 heavy (non-hydrogen) atoms. The Morgan fingerprint density at radius 3 is 2.92 bits per heavy atom. The normalized spacial score (nSPS) is 9.69. The third kappa shape index (κ3) is 2.73. The highest BCUT2D eigenvalue weighted by Gasteiger charge is 2.13. The number of hydrogen-bond acceptors (Lipinski definition) is 3. The molecule has 1 aromatic carbocycles. The van der Waals surface area contributed by atoms with Crippen LogP contribution < -0.4 is 0 Å². The number of nitrogens with zero attached hydrogens (tertiary/aromatic N) is 1. The van der Waals surface area contributed by atoms with E-state index in [1.807, 2.05) is 24.5 Å². The molecule has 0 aliphatic rings. The van der Waals surface area contributed by atoms with E-state index in [1.54, 1.807) is 17.8 Å². The van der Waals surface area contributed by atoms with Crippen molar-refractivity contribution < 1.29 is 9.76 Å². The van der Waals surface area contributed by atoms with Crippen LogP contribution in [-0.2, 0) is 10.6 Å². The minimum atomic E-state index is 0.504. The van der Waals surface area contributed by atoms with E-state index in [0.717, 1.165) is 11.3 Å². The summed E-state index contributed by atoms with van der Waals surface area (Å²) in [6.07, 6.45) is 2.03. The van der Waals surface area contributed by atoms with Gasteiger partial charge in [0, 0.05) is 17.9 Å². The van der Waals surface area contributed by atoms with Gasteiger partial charge in [0.2, 0.25) is 0 Å². The van der Waals surface area contributed by atoms with E-state index < -0.39 is 0 Å². The number of benzene rings is 1. The van der Waals surface area contributed by atoms with E-state index in [9.17, 15) is 4.91 Å². The predicted molar refractivity (Wildman–Crippen MR) is 54.0 cm³/mol. The van der Waals surface area contributed by atoms with Gasteiger partial charge in [0.15, 0.2) is 7.11 Å². The minimum absolute atomic E-state index is 0.504. The maximum atomic E-state index is 11.1. The Hall–Kier alpha value is -1.03. The van der Waals surface area contributed by atoms with Crippen molar-refractivity contribution in [2.24, 2.45) is 0 Å². The fourth-order valence-corrected chi connectivity index (χ4v) is 1.54. The molecule has 4 heteroatoms. The van der Waals surface area contributed by atoms with Crippen LogP contribution in [0.2, 0.25) is 0 Å². The van der Waals surface area contributed by atoms with Crippen molar-refractivity contribution in [1.29, 1.82) is 0 Å². The Labute approximate surface area is 81.6 Å². The first-order valence-electron chi connectivity index (χ1n) is 3.87. The Kier molecular flexibility index (Phi) is 3.76. The molecule has 0 unspecified atom stereocenters. The van der Waals surface area contributed by atoms with Gasteiger partial charge in [-0.2, -0.15) is 11.8 Å². The van der Waals surface area contributed by atoms with Crippen LogP contribution in [0, 0.1) is 4.91 Å². The lowest BCUT2D eigenvalue weighted by Crippen LogP contribution is -1.98. The summed E-state index contributed by atoms with van der Waals surface area (Å²) in [4.78, 5) is 16.1. The van der Waals surface area contributed by atoms with Crippen LogP contribution >= 0.6 is 11.8 Å². The summed E-state index contributed by atoms with van der Waals surface area (Å²) in [7, 11) is 1.36. The largest absolute Gasteiger partial charge is 0.317 e. The second-order valence-electron chi connectivity index (χ2n) is 2.54. The van der Waals surface area contributed by atoms with Crippen molar-refractivity contribution in [2.45, 2.75) is 5.75 Å². The fourth-order valence-electron chi connectivity index (χ4n) is 1.03. The van der Waals surface area contributed by atoms with Crippen LogP contribution in [0.15, 0.2) is 24.3 Å². The molecule has 0 amide bonds. The first-order valence-corrected chi connectivity index (χ1v) is 5.26. The highest BCUT2D eigenvalue weighted by molar-refractivity contribution is 7.97. The fraction of sp³-hybridized carbons (Fsp3) is 0.333. The van der Waals surface area contributed by atoms with Crippen LogP contribution in [-0.4, -0.2) is 18.3 Å². The minimum Gasteiger partial charge on any atom is -0.230 e. The van der Waals surface area contributed by atoms with Gasteiger partial charge in [0.05, 0.1) is 4.91 Å². The van der Waals surface area contributed by atoms with E-state index in [-0.39, 0.29) is 0 Å². The third-order valence-corrected chi connectivity index (χ3v) is 2.22. The zero-order valence-corrected chi connectivity index (χ0v) is 8.50. The monoisotopic (exact) mass is 198 g/mol. The Morgan fingerprint density at radius 1 is 1.54 bits per heavy atom. The summed E-state index contributed by atoms with van der Waals surface area (Å²) in [5.41, 5.74) is 1.66. The average molecular weight is 198 g/mol. The Balaban J connectivity index is 2.85. The molecule has 0 saturated carbocycles. The summed E-state index contributed by atoms with van der Waals surface area (Å²) < 4.78 is 0. The molecule has 0 aliphatic heterocycles. The predicted octanol–water partition coefficient (Wildman–Crippen LogP) is 2.52. The summed E-state index contributed by atoms with van der Waals surface area (Å²) >= 11 is 1.72. The van der Waals surface area contributed by atoms with Crippen LogP contribution in [0.1, 0.15) is 5.56 Å². The molecule has 70 valence electrons. The zero-order valence-electron chi connectivity index (χ0n) is 7.69. The van der Waals surface area contributed by atoms with Gasteiger partial charge < -0.3 is 0 Å². The van der Waals surface area contributed by atoms with Crippen molar-refractivity contribution >= 4 is 17.4 Å². The molecule has 0 radical (unpaired) electrons. The smallest absolute Gasteiger partial charge is 0.230 e. The van der Waals surface area contributed by atoms with Crippen molar-refractivity contribution in [1.82, 2.24) is 0 Å². The van der Waals surface area contributed by atoms with Crippen molar-refractivity contribution in [3.63, 3.8) is 0 Å². The van der Waals surface area contributed by atoms with E-state index in [2.05, 4.69) is 4.84 Å². The Bertz CT molecular complexity index is 301. The highest BCUT2D eigenvalue weighted by atomic mass is 32.2. The second-order valence-corrected chi connectivity index (χ2v) is 3.41. The molecule has 0 bridgehead atoms. The van der Waals surface area contributed by atoms with Crippen molar-refractivity contribution in [2.75, 3.05) is 13.4 Å². The first kappa shape index (κ1) is 10.1. The van der Waals surface area contributed by atoms with Gasteiger partial charge in [-0.15, -0.1) is 0 Å². The molecule has 3 nitrogen and oxygen atoms in total. The summed E-state index contributed by atoms with van der Waals surface area (Å²) in [5, 5.41) is 0. The van der Waals surface area contributed by atoms with Gasteiger partial charge in [-0.3, -0.25) is 0 Å². The van der Waals surface area contributed by atoms with Gasteiger partial charge in [0.1, 0.15) is 0 Å². The number of thioether (sulfide) groups is 1. The topological polar surface area (TPSA) is 29.3 Å². The molecular formula is C9H12NO2S+. The molecule has 1 aromatic rings. The molecule has 0 N–H and O–H groups in total. The summed E-state index contributed by atoms with van der Waals surface area (Å²) in [6.45, 7) is 0. The van der Waals surface area contributed by atoms with E-state index in [1.165, 1.54) is 7.11 Å². The summed E-state index contributed by atoms with van der Waals surface area (Å²) in [6, 6.07) is 7.39. The molecule has 0 fully saturated rings. The standard InChI is InChI=1S/C9H12NO2S/c1-12-10(11)9-5-3-4-8(6-9)7-13-2/h3-6H,7H2,1-2H3/q+1. The molecule has 0 atom stereocenters. The van der Waals surface area contributed by atoms with Crippen LogP contribution in [0.4, 0.5) is 5.69 Å². The number of rotatable bonds is 4. The second kappa shape index (κ2) is 4.87. The van der Waals surface area contributed by atoms with E-state index >= 15 is 0 Å². The molecule has 0 aromatic heterocycles. The quantitative estimate of drug-likeness (QED) is 0.696. The lowest BCUT2D eigenvalue weighted by atomic mass is 10.2. The van der Waals surface area contributed by atoms with Gasteiger partial charge in [-0.05, 0) is 11.8 Å². The molecular weight excluding hydrogens is 186 g/mol. The van der Waals surface area contributed by atoms with Crippen molar-refractivity contribution in [3.8, 4) is 0 Å². The molecule has 0 spiro atoms. The lowest BCUT2D eigenvalue weighted by Gasteiger charge is -1.95. The van der Waals surface area contributed by atoms with E-state index in [4.69, 9.17) is 0 Å². The maximum Gasteiger partial charge on any atom is 0.317 e. The van der Waals surface area contributed by atoms with Crippen LogP contribution in [0.5, 0.6) is 0 Å². The van der Waals surface area contributed by atoms with Gasteiger partial charge in [0.25, 0.3) is 4.92 Å².